The van der Waals surface area contributed by atoms with Gasteiger partial charge in [-0.2, -0.15) is 0 Å². The molecule has 1 amide bonds. The molecule has 0 fully saturated rings. The predicted molar refractivity (Wildman–Crippen MR) is 132 cm³/mol. The van der Waals surface area contributed by atoms with E-state index in [-0.39, 0.29) is 28.4 Å². The summed E-state index contributed by atoms with van der Waals surface area (Å²) in [5, 5.41) is 2.97. The zero-order chi connectivity index (χ0) is 25.0. The number of hydrogen-bond donors (Lipinski definition) is 1. The minimum atomic E-state index is -4.16. The molecule has 0 spiro atoms. The van der Waals surface area contributed by atoms with Crippen LogP contribution in [0.25, 0.3) is 11.0 Å². The molecule has 0 saturated carbocycles. The van der Waals surface area contributed by atoms with Gasteiger partial charge in [0.1, 0.15) is 22.8 Å². The number of nitrogens with zero attached hydrogens (tertiary/aromatic N) is 2. The lowest BCUT2D eigenvalue weighted by atomic mass is 10.1. The lowest BCUT2D eigenvalue weighted by molar-refractivity contribution is -0.121. The number of carbonyl (C=O) groups is 1. The van der Waals surface area contributed by atoms with Crippen LogP contribution in [0.3, 0.4) is 0 Å². The molecular formula is C26H25N3O5S. The fourth-order valence-corrected chi connectivity index (χ4v) is 5.10. The van der Waals surface area contributed by atoms with Crippen LogP contribution >= 0.6 is 0 Å². The number of sulfone groups is 1. The second-order valence-corrected chi connectivity index (χ2v) is 9.96. The Morgan fingerprint density at radius 1 is 1.03 bits per heavy atom. The van der Waals surface area contributed by atoms with Crippen molar-refractivity contribution in [3.63, 3.8) is 0 Å². The highest BCUT2D eigenvalue weighted by atomic mass is 32.2. The molecule has 9 heteroatoms. The largest absolute Gasteiger partial charge is 0.497 e. The molecule has 2 heterocycles. The SMILES string of the molecule is COc1ccc(S(=O)(=O)c2cn(CC(=O)NCCc3ccccc3)c3nc(C)ccc3c2=O)cc1. The normalized spacial score (nSPS) is 11.4. The summed E-state index contributed by atoms with van der Waals surface area (Å²) < 4.78 is 33.2. The average Bonchev–Trinajstić information content (AvgIpc) is 2.86. The van der Waals surface area contributed by atoms with Gasteiger partial charge in [0.2, 0.25) is 21.2 Å². The summed E-state index contributed by atoms with van der Waals surface area (Å²) >= 11 is 0. The summed E-state index contributed by atoms with van der Waals surface area (Å²) in [5.41, 5.74) is 1.32. The molecule has 0 unspecified atom stereocenters. The smallest absolute Gasteiger partial charge is 0.240 e. The summed E-state index contributed by atoms with van der Waals surface area (Å²) in [6.45, 7) is 1.99. The third-order valence-corrected chi connectivity index (χ3v) is 7.34. The molecule has 1 N–H and O–H groups in total. The van der Waals surface area contributed by atoms with E-state index in [1.807, 2.05) is 30.3 Å². The minimum absolute atomic E-state index is 0.0475. The topological polar surface area (TPSA) is 107 Å². The van der Waals surface area contributed by atoms with E-state index in [4.69, 9.17) is 4.74 Å². The molecule has 0 saturated heterocycles. The first kappa shape index (κ1) is 24.2. The van der Waals surface area contributed by atoms with Crippen LogP contribution in [0.1, 0.15) is 11.3 Å². The van der Waals surface area contributed by atoms with Crippen LogP contribution in [-0.2, 0) is 27.6 Å². The van der Waals surface area contributed by atoms with Crippen molar-refractivity contribution in [2.24, 2.45) is 0 Å². The molecule has 2 aromatic carbocycles. The highest BCUT2D eigenvalue weighted by Crippen LogP contribution is 2.23. The van der Waals surface area contributed by atoms with Crippen molar-refractivity contribution in [1.29, 1.82) is 0 Å². The lowest BCUT2D eigenvalue weighted by Crippen LogP contribution is -2.30. The third kappa shape index (κ3) is 5.25. The number of pyridine rings is 2. The number of aromatic nitrogens is 2. The zero-order valence-electron chi connectivity index (χ0n) is 19.4. The molecule has 35 heavy (non-hydrogen) atoms. The van der Waals surface area contributed by atoms with Gasteiger partial charge in [-0.25, -0.2) is 13.4 Å². The summed E-state index contributed by atoms with van der Waals surface area (Å²) in [7, 11) is -2.68. The summed E-state index contributed by atoms with van der Waals surface area (Å²) in [6.07, 6.45) is 1.86. The Hall–Kier alpha value is -3.98. The average molecular weight is 492 g/mol. The van der Waals surface area contributed by atoms with Gasteiger partial charge >= 0.3 is 0 Å². The quantitative estimate of drug-likeness (QED) is 0.406. The van der Waals surface area contributed by atoms with Crippen LogP contribution in [0.15, 0.2) is 87.5 Å². The van der Waals surface area contributed by atoms with E-state index < -0.39 is 20.2 Å². The molecule has 0 radical (unpaired) electrons. The predicted octanol–water partition coefficient (Wildman–Crippen LogP) is 2.91. The van der Waals surface area contributed by atoms with E-state index in [0.29, 0.717) is 24.4 Å². The third-order valence-electron chi connectivity index (χ3n) is 5.58. The molecule has 4 aromatic rings. The molecule has 4 rings (SSSR count). The van der Waals surface area contributed by atoms with Gasteiger partial charge < -0.3 is 14.6 Å². The molecule has 0 aliphatic rings. The maximum atomic E-state index is 13.4. The van der Waals surface area contributed by atoms with Gasteiger partial charge in [-0.05, 0) is 55.3 Å². The number of fused-ring (bicyclic) bond motifs is 1. The van der Waals surface area contributed by atoms with Crippen molar-refractivity contribution in [2.75, 3.05) is 13.7 Å². The van der Waals surface area contributed by atoms with Gasteiger partial charge in [0, 0.05) is 18.4 Å². The number of amides is 1. The molecular weight excluding hydrogens is 466 g/mol. The van der Waals surface area contributed by atoms with E-state index in [1.54, 1.807) is 13.0 Å². The molecule has 0 aliphatic carbocycles. The Morgan fingerprint density at radius 3 is 2.43 bits per heavy atom. The number of nitrogens with one attached hydrogen (secondary N) is 1. The van der Waals surface area contributed by atoms with Crippen molar-refractivity contribution in [3.8, 4) is 5.75 Å². The van der Waals surface area contributed by atoms with Crippen LogP contribution in [0.2, 0.25) is 0 Å². The fraction of sp³-hybridized carbons (Fsp3) is 0.192. The fourth-order valence-electron chi connectivity index (χ4n) is 3.73. The number of rotatable bonds is 8. The maximum Gasteiger partial charge on any atom is 0.240 e. The van der Waals surface area contributed by atoms with Gasteiger partial charge in [-0.1, -0.05) is 30.3 Å². The van der Waals surface area contributed by atoms with Crippen LogP contribution in [0.5, 0.6) is 5.75 Å². The summed E-state index contributed by atoms with van der Waals surface area (Å²) in [4.78, 5) is 29.8. The Balaban J connectivity index is 1.68. The van der Waals surface area contributed by atoms with E-state index >= 15 is 0 Å². The number of aryl methyl sites for hydroxylation is 1. The first-order valence-corrected chi connectivity index (χ1v) is 12.5. The van der Waals surface area contributed by atoms with Gasteiger partial charge in [0.05, 0.1) is 17.4 Å². The van der Waals surface area contributed by atoms with Crippen molar-refractivity contribution in [3.05, 3.63) is 94.4 Å². The first-order chi connectivity index (χ1) is 16.8. The number of ether oxygens (including phenoxy) is 1. The van der Waals surface area contributed by atoms with Gasteiger partial charge in [0.25, 0.3) is 0 Å². The molecule has 180 valence electrons. The van der Waals surface area contributed by atoms with E-state index in [2.05, 4.69) is 10.3 Å². The Morgan fingerprint density at radius 2 is 1.74 bits per heavy atom. The van der Waals surface area contributed by atoms with Crippen molar-refractivity contribution in [1.82, 2.24) is 14.9 Å². The summed E-state index contributed by atoms with van der Waals surface area (Å²) in [6, 6.07) is 18.7. The molecule has 0 atom stereocenters. The van der Waals surface area contributed by atoms with Crippen LogP contribution < -0.4 is 15.5 Å². The first-order valence-electron chi connectivity index (χ1n) is 11.0. The van der Waals surface area contributed by atoms with Gasteiger partial charge in [0.15, 0.2) is 0 Å². The maximum absolute atomic E-state index is 13.4. The standard InChI is InChI=1S/C26H25N3O5S/c1-18-8-13-22-25(31)23(35(32,33)21-11-9-20(34-2)10-12-21)16-29(26(22)28-18)17-24(30)27-15-14-19-6-4-3-5-7-19/h3-13,16H,14-15,17H2,1-2H3,(H,27,30). The minimum Gasteiger partial charge on any atom is -0.497 e. The van der Waals surface area contributed by atoms with Crippen molar-refractivity contribution in [2.45, 2.75) is 29.7 Å². The van der Waals surface area contributed by atoms with Crippen molar-refractivity contribution < 1.29 is 17.9 Å². The Kier molecular flexibility index (Phi) is 6.97. The molecule has 0 bridgehead atoms. The van der Waals surface area contributed by atoms with E-state index in [9.17, 15) is 18.0 Å². The van der Waals surface area contributed by atoms with Crippen LogP contribution in [-0.4, -0.2) is 37.5 Å². The summed E-state index contributed by atoms with van der Waals surface area (Å²) in [5.74, 6) is 0.175. The van der Waals surface area contributed by atoms with E-state index in [0.717, 1.165) is 5.56 Å². The molecule has 2 aromatic heterocycles. The Labute approximate surface area is 203 Å². The zero-order valence-corrected chi connectivity index (χ0v) is 20.2. The molecule has 8 nitrogen and oxygen atoms in total. The van der Waals surface area contributed by atoms with Gasteiger partial charge in [-0.3, -0.25) is 9.59 Å². The number of carbonyl (C=O) groups excluding carboxylic acids is 1. The molecule has 0 aliphatic heterocycles. The van der Waals surface area contributed by atoms with E-state index in [1.165, 1.54) is 48.2 Å². The number of methoxy groups -OCH3 is 1. The second kappa shape index (κ2) is 10.1. The van der Waals surface area contributed by atoms with Crippen molar-refractivity contribution >= 4 is 26.8 Å². The second-order valence-electron chi connectivity index (χ2n) is 8.04. The van der Waals surface area contributed by atoms with Gasteiger partial charge in [-0.15, -0.1) is 0 Å². The monoisotopic (exact) mass is 491 g/mol. The van der Waals surface area contributed by atoms with Crippen LogP contribution in [0, 0.1) is 6.92 Å². The number of hydrogen-bond acceptors (Lipinski definition) is 6. The highest BCUT2D eigenvalue weighted by Gasteiger charge is 2.25. The highest BCUT2D eigenvalue weighted by molar-refractivity contribution is 7.91. The lowest BCUT2D eigenvalue weighted by Gasteiger charge is -2.14. The Bertz CT molecular complexity index is 1530. The van der Waals surface area contributed by atoms with Crippen LogP contribution in [0.4, 0.5) is 0 Å². The number of benzene rings is 2.